The minimum atomic E-state index is -3.79. The number of aromatic nitrogens is 1. The lowest BCUT2D eigenvalue weighted by Gasteiger charge is -2.08. The van der Waals surface area contributed by atoms with Crippen LogP contribution in [0.3, 0.4) is 0 Å². The fourth-order valence-corrected chi connectivity index (χ4v) is 3.85. The molecule has 0 atom stereocenters. The Kier molecular flexibility index (Phi) is 5.11. The van der Waals surface area contributed by atoms with E-state index in [-0.39, 0.29) is 16.5 Å². The van der Waals surface area contributed by atoms with Crippen molar-refractivity contribution in [3.8, 4) is 5.75 Å². The van der Waals surface area contributed by atoms with Crippen LogP contribution < -0.4 is 14.8 Å². The van der Waals surface area contributed by atoms with Gasteiger partial charge in [-0.3, -0.25) is 9.52 Å². The molecule has 0 aliphatic carbocycles. The highest BCUT2D eigenvalue weighted by molar-refractivity contribution is 7.92. The van der Waals surface area contributed by atoms with Gasteiger partial charge in [0.15, 0.2) is 17.1 Å². The number of pyridine rings is 1. The first-order valence-corrected chi connectivity index (χ1v) is 10.4. The number of fused-ring (bicyclic) bond motifs is 1. The number of hydrogen-bond acceptors (Lipinski definition) is 6. The first kappa shape index (κ1) is 19.5. The summed E-state index contributed by atoms with van der Waals surface area (Å²) in [7, 11) is -2.27. The maximum atomic E-state index is 12.5. The highest BCUT2D eigenvalue weighted by Crippen LogP contribution is 2.29. The van der Waals surface area contributed by atoms with Crippen LogP contribution >= 0.6 is 0 Å². The van der Waals surface area contributed by atoms with E-state index in [0.717, 1.165) is 5.39 Å². The Labute approximate surface area is 172 Å². The van der Waals surface area contributed by atoms with Crippen molar-refractivity contribution >= 4 is 38.4 Å². The zero-order valence-electron chi connectivity index (χ0n) is 15.8. The molecule has 0 spiro atoms. The Morgan fingerprint density at radius 1 is 1.03 bits per heavy atom. The smallest absolute Gasteiger partial charge is 0.291 e. The third kappa shape index (κ3) is 3.96. The number of anilines is 2. The highest BCUT2D eigenvalue weighted by Gasteiger charge is 2.17. The predicted molar refractivity (Wildman–Crippen MR) is 112 cm³/mol. The number of methoxy groups -OCH3 is 1. The Hall–Kier alpha value is -3.85. The molecule has 2 aromatic carbocycles. The summed E-state index contributed by atoms with van der Waals surface area (Å²) in [5.74, 6) is 0.398. The number of sulfonamides is 1. The number of carbonyl (C=O) groups excluding carboxylic acids is 1. The molecule has 0 saturated heterocycles. The molecule has 4 aromatic rings. The lowest BCUT2D eigenvalue weighted by Crippen LogP contribution is -2.14. The molecule has 0 aliphatic rings. The molecule has 0 fully saturated rings. The third-order valence-electron chi connectivity index (χ3n) is 4.28. The van der Waals surface area contributed by atoms with Crippen LogP contribution in [0.4, 0.5) is 11.5 Å². The zero-order valence-corrected chi connectivity index (χ0v) is 16.6. The quantitative estimate of drug-likeness (QED) is 0.487. The lowest BCUT2D eigenvalue weighted by molar-refractivity contribution is 0.0998. The van der Waals surface area contributed by atoms with E-state index in [1.165, 1.54) is 37.6 Å². The van der Waals surface area contributed by atoms with Crippen molar-refractivity contribution in [3.63, 3.8) is 0 Å². The van der Waals surface area contributed by atoms with Gasteiger partial charge in [-0.15, -0.1) is 0 Å². The standard InChI is InChI=1S/C21H17N3O5S/c1-28-17-6-4-5-14-13-18(29-20(14)17)21(25)23-15-8-10-16(11-9-15)30(26,27)24-19-7-2-3-12-22-19/h2-13H,1H3,(H,22,24)(H,23,25). The maximum absolute atomic E-state index is 12.5. The number of rotatable bonds is 6. The van der Waals surface area contributed by atoms with Crippen molar-refractivity contribution in [1.82, 2.24) is 4.98 Å². The van der Waals surface area contributed by atoms with Gasteiger partial charge in [0.2, 0.25) is 0 Å². The molecule has 2 heterocycles. The van der Waals surface area contributed by atoms with Gasteiger partial charge in [-0.05, 0) is 48.5 Å². The summed E-state index contributed by atoms with van der Waals surface area (Å²) in [6.07, 6.45) is 1.49. The minimum absolute atomic E-state index is 0.0413. The molecule has 9 heteroatoms. The second kappa shape index (κ2) is 7.88. The monoisotopic (exact) mass is 423 g/mol. The van der Waals surface area contributed by atoms with E-state index >= 15 is 0 Å². The number of ether oxygens (including phenoxy) is 1. The summed E-state index contributed by atoms with van der Waals surface area (Å²) >= 11 is 0. The van der Waals surface area contributed by atoms with Crippen LogP contribution in [-0.2, 0) is 10.0 Å². The maximum Gasteiger partial charge on any atom is 0.291 e. The number of carbonyl (C=O) groups is 1. The summed E-state index contributed by atoms with van der Waals surface area (Å²) in [5, 5.41) is 3.42. The van der Waals surface area contributed by atoms with Crippen LogP contribution in [-0.4, -0.2) is 26.4 Å². The van der Waals surface area contributed by atoms with E-state index in [2.05, 4.69) is 15.0 Å². The lowest BCUT2D eigenvalue weighted by atomic mass is 10.2. The van der Waals surface area contributed by atoms with Gasteiger partial charge in [0.25, 0.3) is 15.9 Å². The van der Waals surface area contributed by atoms with Gasteiger partial charge in [-0.2, -0.15) is 0 Å². The fourth-order valence-electron chi connectivity index (χ4n) is 2.84. The molecule has 2 aromatic heterocycles. The third-order valence-corrected chi connectivity index (χ3v) is 5.65. The minimum Gasteiger partial charge on any atom is -0.493 e. The molecule has 30 heavy (non-hydrogen) atoms. The number of hydrogen-bond donors (Lipinski definition) is 2. The molecule has 0 radical (unpaired) electrons. The van der Waals surface area contributed by atoms with Crippen LogP contribution in [0, 0.1) is 0 Å². The van der Waals surface area contributed by atoms with Gasteiger partial charge < -0.3 is 14.5 Å². The second-order valence-electron chi connectivity index (χ2n) is 6.29. The van der Waals surface area contributed by atoms with Crippen molar-refractivity contribution in [2.75, 3.05) is 17.1 Å². The van der Waals surface area contributed by atoms with Gasteiger partial charge in [-0.1, -0.05) is 18.2 Å². The van der Waals surface area contributed by atoms with Crippen molar-refractivity contribution in [3.05, 3.63) is 78.7 Å². The number of furan rings is 1. The van der Waals surface area contributed by atoms with Crippen molar-refractivity contribution in [2.45, 2.75) is 4.90 Å². The predicted octanol–water partition coefficient (Wildman–Crippen LogP) is 3.89. The summed E-state index contributed by atoms with van der Waals surface area (Å²) < 4.78 is 38.1. The number of benzene rings is 2. The van der Waals surface area contributed by atoms with E-state index in [0.29, 0.717) is 17.0 Å². The van der Waals surface area contributed by atoms with Gasteiger partial charge in [0.05, 0.1) is 12.0 Å². The first-order valence-electron chi connectivity index (χ1n) is 8.88. The van der Waals surface area contributed by atoms with Gasteiger partial charge >= 0.3 is 0 Å². The number of nitrogens with zero attached hydrogens (tertiary/aromatic N) is 1. The number of nitrogens with one attached hydrogen (secondary N) is 2. The van der Waals surface area contributed by atoms with Gasteiger partial charge in [0, 0.05) is 17.3 Å². The largest absolute Gasteiger partial charge is 0.493 e. The molecule has 0 aliphatic heterocycles. The van der Waals surface area contributed by atoms with E-state index in [1.54, 1.807) is 36.4 Å². The van der Waals surface area contributed by atoms with Crippen LogP contribution in [0.1, 0.15) is 10.6 Å². The SMILES string of the molecule is COc1cccc2cc(C(=O)Nc3ccc(S(=O)(=O)Nc4ccccn4)cc3)oc12. The van der Waals surface area contributed by atoms with Crippen LogP contribution in [0.15, 0.2) is 82.2 Å². The topological polar surface area (TPSA) is 111 Å². The molecule has 1 amide bonds. The molecule has 152 valence electrons. The Morgan fingerprint density at radius 3 is 2.53 bits per heavy atom. The van der Waals surface area contributed by atoms with Gasteiger partial charge in [-0.25, -0.2) is 13.4 Å². The van der Waals surface area contributed by atoms with E-state index in [4.69, 9.17) is 9.15 Å². The number of para-hydroxylation sites is 1. The average Bonchev–Trinajstić information content (AvgIpc) is 3.19. The summed E-state index contributed by atoms with van der Waals surface area (Å²) in [5.41, 5.74) is 0.899. The molecule has 8 nitrogen and oxygen atoms in total. The molecule has 2 N–H and O–H groups in total. The second-order valence-corrected chi connectivity index (χ2v) is 7.97. The molecule has 0 bridgehead atoms. The summed E-state index contributed by atoms with van der Waals surface area (Å²) in [4.78, 5) is 16.5. The zero-order chi connectivity index (χ0) is 21.1. The normalized spacial score (nSPS) is 11.2. The average molecular weight is 423 g/mol. The molecular weight excluding hydrogens is 406 g/mol. The summed E-state index contributed by atoms with van der Waals surface area (Å²) in [6.45, 7) is 0. The van der Waals surface area contributed by atoms with Crippen LogP contribution in [0.5, 0.6) is 5.75 Å². The summed E-state index contributed by atoms with van der Waals surface area (Å²) in [6, 6.07) is 17.7. The van der Waals surface area contributed by atoms with Crippen molar-refractivity contribution in [1.29, 1.82) is 0 Å². The Morgan fingerprint density at radius 2 is 1.83 bits per heavy atom. The molecular formula is C21H17N3O5S. The molecule has 4 rings (SSSR count). The van der Waals surface area contributed by atoms with E-state index in [1.807, 2.05) is 6.07 Å². The fraction of sp³-hybridized carbons (Fsp3) is 0.0476. The van der Waals surface area contributed by atoms with E-state index < -0.39 is 15.9 Å². The molecule has 0 unspecified atom stereocenters. The van der Waals surface area contributed by atoms with Crippen LogP contribution in [0.2, 0.25) is 0 Å². The van der Waals surface area contributed by atoms with E-state index in [9.17, 15) is 13.2 Å². The highest BCUT2D eigenvalue weighted by atomic mass is 32.2. The molecule has 0 saturated carbocycles. The van der Waals surface area contributed by atoms with Crippen LogP contribution in [0.25, 0.3) is 11.0 Å². The van der Waals surface area contributed by atoms with Crippen molar-refractivity contribution in [2.24, 2.45) is 0 Å². The number of amides is 1. The Bertz CT molecular complexity index is 1300. The first-order chi connectivity index (χ1) is 14.5. The van der Waals surface area contributed by atoms with Crippen molar-refractivity contribution < 1.29 is 22.4 Å². The van der Waals surface area contributed by atoms with Gasteiger partial charge in [0.1, 0.15) is 5.82 Å². The Balaban J connectivity index is 1.50.